The zero-order chi connectivity index (χ0) is 10.2. The first-order valence-electron chi connectivity index (χ1n) is 4.44. The minimum absolute atomic E-state index is 0.0915. The van der Waals surface area contributed by atoms with Gasteiger partial charge in [-0.2, -0.15) is 0 Å². The molecule has 0 aliphatic heterocycles. The topological polar surface area (TPSA) is 49.7 Å². The Morgan fingerprint density at radius 3 is 2.64 bits per heavy atom. The average Bonchev–Trinajstić information content (AvgIpc) is 2.25. The molecule has 0 bridgehead atoms. The van der Waals surface area contributed by atoms with Crippen molar-refractivity contribution in [3.05, 3.63) is 48.0 Å². The molecule has 3 heteroatoms. The Balaban J connectivity index is 2.30. The normalized spacial score (nSPS) is 13.3. The van der Waals surface area contributed by atoms with E-state index in [0.717, 1.165) is 5.56 Å². The molecule has 0 spiro atoms. The van der Waals surface area contributed by atoms with Crippen molar-refractivity contribution in [2.24, 2.45) is 0 Å². The number of ether oxygens (including phenoxy) is 1. The third-order valence-corrected chi connectivity index (χ3v) is 1.67. The predicted molar refractivity (Wildman–Crippen MR) is 53.5 cm³/mol. The molecular weight excluding hydrogens is 180 g/mol. The SMILES string of the molecule is OC/C=C/C(O)OCc1ccccc1. The van der Waals surface area contributed by atoms with Crippen LogP contribution in [0.5, 0.6) is 0 Å². The van der Waals surface area contributed by atoms with E-state index in [2.05, 4.69) is 0 Å². The Morgan fingerprint density at radius 1 is 1.29 bits per heavy atom. The van der Waals surface area contributed by atoms with Crippen molar-refractivity contribution >= 4 is 0 Å². The van der Waals surface area contributed by atoms with Crippen molar-refractivity contribution in [3.63, 3.8) is 0 Å². The highest BCUT2D eigenvalue weighted by atomic mass is 16.6. The lowest BCUT2D eigenvalue weighted by Gasteiger charge is -2.07. The second kappa shape index (κ2) is 6.32. The lowest BCUT2D eigenvalue weighted by Crippen LogP contribution is -2.08. The first-order valence-corrected chi connectivity index (χ1v) is 4.44. The zero-order valence-electron chi connectivity index (χ0n) is 7.84. The van der Waals surface area contributed by atoms with E-state index >= 15 is 0 Å². The summed E-state index contributed by atoms with van der Waals surface area (Å²) < 4.78 is 5.09. The molecule has 1 aromatic carbocycles. The average molecular weight is 194 g/mol. The third-order valence-electron chi connectivity index (χ3n) is 1.67. The van der Waals surface area contributed by atoms with Crippen LogP contribution in [-0.2, 0) is 11.3 Å². The molecule has 0 heterocycles. The van der Waals surface area contributed by atoms with Gasteiger partial charge >= 0.3 is 0 Å². The van der Waals surface area contributed by atoms with Crippen LogP contribution >= 0.6 is 0 Å². The highest BCUT2D eigenvalue weighted by Crippen LogP contribution is 2.02. The van der Waals surface area contributed by atoms with E-state index in [1.165, 1.54) is 12.2 Å². The second-order valence-electron chi connectivity index (χ2n) is 2.80. The molecule has 3 nitrogen and oxygen atoms in total. The fourth-order valence-corrected chi connectivity index (χ4v) is 0.989. The Kier molecular flexibility index (Phi) is 4.93. The summed E-state index contributed by atoms with van der Waals surface area (Å²) in [5, 5.41) is 17.7. The van der Waals surface area contributed by atoms with Gasteiger partial charge in [-0.1, -0.05) is 36.4 Å². The number of hydrogen-bond acceptors (Lipinski definition) is 3. The van der Waals surface area contributed by atoms with Crippen LogP contribution in [0, 0.1) is 0 Å². The van der Waals surface area contributed by atoms with E-state index in [9.17, 15) is 5.11 Å². The van der Waals surface area contributed by atoms with Gasteiger partial charge in [0.15, 0.2) is 6.29 Å². The molecule has 0 saturated carbocycles. The summed E-state index contributed by atoms with van der Waals surface area (Å²) in [6.07, 6.45) is 1.89. The van der Waals surface area contributed by atoms with Gasteiger partial charge in [-0.05, 0) is 11.6 Å². The fraction of sp³-hybridized carbons (Fsp3) is 0.273. The van der Waals surface area contributed by atoms with Gasteiger partial charge in [0.25, 0.3) is 0 Å². The quantitative estimate of drug-likeness (QED) is 0.544. The summed E-state index contributed by atoms with van der Waals surface area (Å²) >= 11 is 0. The summed E-state index contributed by atoms with van der Waals surface area (Å²) in [5.41, 5.74) is 1.00. The van der Waals surface area contributed by atoms with E-state index in [-0.39, 0.29) is 6.61 Å². The van der Waals surface area contributed by atoms with Gasteiger partial charge in [-0.3, -0.25) is 0 Å². The molecule has 0 aliphatic rings. The van der Waals surface area contributed by atoms with Gasteiger partial charge in [0, 0.05) is 0 Å². The smallest absolute Gasteiger partial charge is 0.174 e. The molecule has 0 amide bonds. The molecule has 1 rings (SSSR count). The van der Waals surface area contributed by atoms with Crippen LogP contribution in [0.4, 0.5) is 0 Å². The van der Waals surface area contributed by atoms with Crippen molar-refractivity contribution in [2.75, 3.05) is 6.61 Å². The standard InChI is InChI=1S/C11H14O3/c12-8-4-7-11(13)14-9-10-5-2-1-3-6-10/h1-7,11-13H,8-9H2/b7-4+. The van der Waals surface area contributed by atoms with Gasteiger partial charge in [0.2, 0.25) is 0 Å². The van der Waals surface area contributed by atoms with E-state index < -0.39 is 6.29 Å². The molecular formula is C11H14O3. The monoisotopic (exact) mass is 194 g/mol. The maximum Gasteiger partial charge on any atom is 0.174 e. The number of aliphatic hydroxyl groups excluding tert-OH is 2. The third kappa shape index (κ3) is 4.18. The fourth-order valence-electron chi connectivity index (χ4n) is 0.989. The van der Waals surface area contributed by atoms with Crippen LogP contribution in [0.15, 0.2) is 42.5 Å². The van der Waals surface area contributed by atoms with Gasteiger partial charge in [0.05, 0.1) is 13.2 Å². The Bertz CT molecular complexity index is 269. The minimum atomic E-state index is -0.956. The first kappa shape index (κ1) is 10.9. The number of rotatable bonds is 5. The maximum absolute atomic E-state index is 9.22. The molecule has 0 aliphatic carbocycles. The van der Waals surface area contributed by atoms with E-state index in [1.54, 1.807) is 0 Å². The highest BCUT2D eigenvalue weighted by Gasteiger charge is 1.98. The largest absolute Gasteiger partial charge is 0.392 e. The summed E-state index contributed by atoms with van der Waals surface area (Å²) in [7, 11) is 0. The summed E-state index contributed by atoms with van der Waals surface area (Å²) in [6, 6.07) is 9.58. The molecule has 1 unspecified atom stereocenters. The highest BCUT2D eigenvalue weighted by molar-refractivity contribution is 5.13. The van der Waals surface area contributed by atoms with E-state index in [1.807, 2.05) is 30.3 Å². The number of hydrogen-bond donors (Lipinski definition) is 2. The molecule has 76 valence electrons. The van der Waals surface area contributed by atoms with Gasteiger partial charge < -0.3 is 14.9 Å². The zero-order valence-corrected chi connectivity index (χ0v) is 7.84. The molecule has 0 aromatic heterocycles. The van der Waals surface area contributed by atoms with Crippen LogP contribution in [0.3, 0.4) is 0 Å². The molecule has 1 aromatic rings. The van der Waals surface area contributed by atoms with Gasteiger partial charge in [-0.15, -0.1) is 0 Å². The van der Waals surface area contributed by atoms with Crippen LogP contribution in [0.25, 0.3) is 0 Å². The van der Waals surface area contributed by atoms with Crippen molar-refractivity contribution in [1.29, 1.82) is 0 Å². The summed E-state index contributed by atoms with van der Waals surface area (Å²) in [4.78, 5) is 0. The van der Waals surface area contributed by atoms with Crippen molar-refractivity contribution in [2.45, 2.75) is 12.9 Å². The van der Waals surface area contributed by atoms with Crippen molar-refractivity contribution in [1.82, 2.24) is 0 Å². The van der Waals surface area contributed by atoms with Crippen molar-refractivity contribution < 1.29 is 14.9 Å². The van der Waals surface area contributed by atoms with Gasteiger partial charge in [-0.25, -0.2) is 0 Å². The number of aliphatic hydroxyl groups is 2. The van der Waals surface area contributed by atoms with Crippen molar-refractivity contribution in [3.8, 4) is 0 Å². The van der Waals surface area contributed by atoms with Crippen LogP contribution in [0.2, 0.25) is 0 Å². The number of benzene rings is 1. The first-order chi connectivity index (χ1) is 6.83. The van der Waals surface area contributed by atoms with Crippen LogP contribution < -0.4 is 0 Å². The Morgan fingerprint density at radius 2 is 2.00 bits per heavy atom. The lowest BCUT2D eigenvalue weighted by atomic mass is 10.2. The predicted octanol–water partition coefficient (Wildman–Crippen LogP) is 1.07. The summed E-state index contributed by atoms with van der Waals surface area (Å²) in [6.45, 7) is 0.267. The second-order valence-corrected chi connectivity index (χ2v) is 2.80. The van der Waals surface area contributed by atoms with Crippen LogP contribution in [-0.4, -0.2) is 23.1 Å². The minimum Gasteiger partial charge on any atom is -0.392 e. The molecule has 0 saturated heterocycles. The molecule has 14 heavy (non-hydrogen) atoms. The molecule has 1 atom stereocenters. The maximum atomic E-state index is 9.22. The van der Waals surface area contributed by atoms with Gasteiger partial charge in [0.1, 0.15) is 0 Å². The van der Waals surface area contributed by atoms with E-state index in [4.69, 9.17) is 9.84 Å². The Hall–Kier alpha value is -1.16. The summed E-state index contributed by atoms with van der Waals surface area (Å²) in [5.74, 6) is 0. The lowest BCUT2D eigenvalue weighted by molar-refractivity contribution is -0.0735. The van der Waals surface area contributed by atoms with E-state index in [0.29, 0.717) is 6.61 Å². The molecule has 0 radical (unpaired) electrons. The molecule has 0 fully saturated rings. The molecule has 2 N–H and O–H groups in total. The van der Waals surface area contributed by atoms with Crippen LogP contribution in [0.1, 0.15) is 5.56 Å². The Labute approximate surface area is 83.3 Å².